The first-order chi connectivity index (χ1) is 8.45. The molecule has 0 aliphatic heterocycles. The molecule has 1 atom stereocenters. The van der Waals surface area contributed by atoms with Crippen LogP contribution in [-0.4, -0.2) is 35.6 Å². The van der Waals surface area contributed by atoms with Gasteiger partial charge in [0.15, 0.2) is 0 Å². The van der Waals surface area contributed by atoms with Crippen molar-refractivity contribution in [3.8, 4) is 0 Å². The zero-order valence-electron chi connectivity index (χ0n) is 11.1. The minimum Gasteiger partial charge on any atom is -0.393 e. The highest BCUT2D eigenvalue weighted by Gasteiger charge is 2.14. The van der Waals surface area contributed by atoms with Gasteiger partial charge in [0.25, 0.3) is 5.91 Å². The second-order valence-corrected chi connectivity index (χ2v) is 4.54. The van der Waals surface area contributed by atoms with Gasteiger partial charge in [-0.15, -0.1) is 0 Å². The number of aliphatic hydroxyl groups is 1. The summed E-state index contributed by atoms with van der Waals surface area (Å²) in [6.45, 7) is 4.12. The number of nitrogens with two attached hydrogens (primary N) is 1. The van der Waals surface area contributed by atoms with Crippen molar-refractivity contribution >= 4 is 11.6 Å². The fraction of sp³-hybridized carbons (Fsp3) is 0.462. The zero-order chi connectivity index (χ0) is 13.7. The minimum atomic E-state index is -0.398. The number of hydrogen-bond acceptors (Lipinski definition) is 4. The van der Waals surface area contributed by atoms with E-state index in [0.717, 1.165) is 11.3 Å². The standard InChI is InChI=1S/C13H21N3O2/c1-9-8-11(15-14)4-5-12(9)13(18)16(3)7-6-10(2)17/h4-5,8,10,15,17H,6-7,14H2,1-3H3. The van der Waals surface area contributed by atoms with Crippen molar-refractivity contribution in [2.45, 2.75) is 26.4 Å². The Morgan fingerprint density at radius 2 is 2.22 bits per heavy atom. The van der Waals surface area contributed by atoms with E-state index < -0.39 is 6.10 Å². The summed E-state index contributed by atoms with van der Waals surface area (Å²) in [5, 5.41) is 9.22. The van der Waals surface area contributed by atoms with Crippen LogP contribution < -0.4 is 11.3 Å². The van der Waals surface area contributed by atoms with Crippen LogP contribution in [0.4, 0.5) is 5.69 Å². The van der Waals surface area contributed by atoms with Crippen LogP contribution in [0.15, 0.2) is 18.2 Å². The summed E-state index contributed by atoms with van der Waals surface area (Å²) in [6.07, 6.45) is 0.175. The molecule has 4 N–H and O–H groups in total. The lowest BCUT2D eigenvalue weighted by atomic mass is 10.1. The number of carbonyl (C=O) groups excluding carboxylic acids is 1. The van der Waals surface area contributed by atoms with Gasteiger partial charge >= 0.3 is 0 Å². The van der Waals surface area contributed by atoms with Gasteiger partial charge in [-0.3, -0.25) is 10.6 Å². The van der Waals surface area contributed by atoms with E-state index in [2.05, 4.69) is 5.43 Å². The Morgan fingerprint density at radius 3 is 2.72 bits per heavy atom. The summed E-state index contributed by atoms with van der Waals surface area (Å²) < 4.78 is 0. The average molecular weight is 251 g/mol. The summed E-state index contributed by atoms with van der Waals surface area (Å²) in [7, 11) is 1.74. The van der Waals surface area contributed by atoms with E-state index in [1.54, 1.807) is 31.0 Å². The van der Waals surface area contributed by atoms with Gasteiger partial charge in [-0.25, -0.2) is 0 Å². The summed E-state index contributed by atoms with van der Waals surface area (Å²) in [5.41, 5.74) is 4.85. The van der Waals surface area contributed by atoms with Crippen LogP contribution in [0.25, 0.3) is 0 Å². The number of nitrogens with one attached hydrogen (secondary N) is 1. The van der Waals surface area contributed by atoms with Gasteiger partial charge in [0.1, 0.15) is 0 Å². The lowest BCUT2D eigenvalue weighted by Crippen LogP contribution is -2.30. The molecule has 1 rings (SSSR count). The third kappa shape index (κ3) is 3.72. The highest BCUT2D eigenvalue weighted by molar-refractivity contribution is 5.95. The second-order valence-electron chi connectivity index (χ2n) is 4.54. The Hall–Kier alpha value is -1.59. The molecular formula is C13H21N3O2. The molecule has 0 aromatic heterocycles. The Balaban J connectivity index is 2.77. The molecule has 0 saturated carbocycles. The van der Waals surface area contributed by atoms with Crippen LogP contribution in [0.3, 0.4) is 0 Å². The number of rotatable bonds is 5. The van der Waals surface area contributed by atoms with Gasteiger partial charge in [-0.2, -0.15) is 0 Å². The third-order valence-corrected chi connectivity index (χ3v) is 2.85. The van der Waals surface area contributed by atoms with Crippen molar-refractivity contribution in [3.63, 3.8) is 0 Å². The molecule has 1 aromatic rings. The fourth-order valence-electron chi connectivity index (χ4n) is 1.68. The van der Waals surface area contributed by atoms with Crippen molar-refractivity contribution in [2.75, 3.05) is 19.0 Å². The maximum Gasteiger partial charge on any atom is 0.253 e. The number of hydrazine groups is 1. The predicted octanol–water partition coefficient (Wildman–Crippen LogP) is 1.12. The van der Waals surface area contributed by atoms with Crippen molar-refractivity contribution in [3.05, 3.63) is 29.3 Å². The maximum absolute atomic E-state index is 12.2. The normalized spacial score (nSPS) is 12.1. The molecule has 1 aromatic carbocycles. The van der Waals surface area contributed by atoms with Crippen molar-refractivity contribution in [2.24, 2.45) is 5.84 Å². The monoisotopic (exact) mass is 251 g/mol. The highest BCUT2D eigenvalue weighted by atomic mass is 16.3. The summed E-state index contributed by atoms with van der Waals surface area (Å²) in [5.74, 6) is 5.27. The minimum absolute atomic E-state index is 0.0447. The van der Waals surface area contributed by atoms with Gasteiger partial charge in [0, 0.05) is 24.8 Å². The molecule has 0 aliphatic rings. The van der Waals surface area contributed by atoms with Crippen LogP contribution >= 0.6 is 0 Å². The van der Waals surface area contributed by atoms with E-state index in [0.29, 0.717) is 18.5 Å². The molecule has 5 heteroatoms. The molecule has 0 radical (unpaired) electrons. The van der Waals surface area contributed by atoms with Gasteiger partial charge in [-0.05, 0) is 44.0 Å². The van der Waals surface area contributed by atoms with E-state index in [4.69, 9.17) is 5.84 Å². The Morgan fingerprint density at radius 1 is 1.56 bits per heavy atom. The van der Waals surface area contributed by atoms with E-state index in [-0.39, 0.29) is 5.91 Å². The number of hydrogen-bond donors (Lipinski definition) is 3. The molecule has 0 aliphatic carbocycles. The average Bonchev–Trinajstić information content (AvgIpc) is 2.34. The number of benzene rings is 1. The summed E-state index contributed by atoms with van der Waals surface area (Å²) >= 11 is 0. The quantitative estimate of drug-likeness (QED) is 0.541. The topological polar surface area (TPSA) is 78.6 Å². The first-order valence-electron chi connectivity index (χ1n) is 5.96. The number of aryl methyl sites for hydroxylation is 1. The first-order valence-corrected chi connectivity index (χ1v) is 5.96. The number of nitrogen functional groups attached to an aromatic ring is 1. The smallest absolute Gasteiger partial charge is 0.253 e. The number of amides is 1. The van der Waals surface area contributed by atoms with E-state index in [1.807, 2.05) is 13.0 Å². The molecule has 0 saturated heterocycles. The van der Waals surface area contributed by atoms with Crippen LogP contribution in [0.2, 0.25) is 0 Å². The molecule has 1 amide bonds. The van der Waals surface area contributed by atoms with Crippen LogP contribution in [-0.2, 0) is 0 Å². The molecule has 0 heterocycles. The first kappa shape index (κ1) is 14.5. The summed E-state index contributed by atoms with van der Waals surface area (Å²) in [6, 6.07) is 5.35. The SMILES string of the molecule is Cc1cc(NN)ccc1C(=O)N(C)CCC(C)O. The van der Waals surface area contributed by atoms with Crippen molar-refractivity contribution < 1.29 is 9.90 Å². The van der Waals surface area contributed by atoms with E-state index >= 15 is 0 Å². The molecule has 0 fully saturated rings. The summed E-state index contributed by atoms with van der Waals surface area (Å²) in [4.78, 5) is 13.8. The van der Waals surface area contributed by atoms with Crippen molar-refractivity contribution in [1.82, 2.24) is 4.90 Å². The molecule has 5 nitrogen and oxygen atoms in total. The second kappa shape index (κ2) is 6.37. The highest BCUT2D eigenvalue weighted by Crippen LogP contribution is 2.16. The van der Waals surface area contributed by atoms with Gasteiger partial charge in [-0.1, -0.05) is 0 Å². The van der Waals surface area contributed by atoms with Gasteiger partial charge < -0.3 is 15.4 Å². The van der Waals surface area contributed by atoms with E-state index in [9.17, 15) is 9.90 Å². The van der Waals surface area contributed by atoms with Gasteiger partial charge in [0.05, 0.1) is 6.10 Å². The van der Waals surface area contributed by atoms with E-state index in [1.165, 1.54) is 0 Å². The lowest BCUT2D eigenvalue weighted by molar-refractivity contribution is 0.0768. The molecule has 1 unspecified atom stereocenters. The molecular weight excluding hydrogens is 230 g/mol. The number of aliphatic hydroxyl groups excluding tert-OH is 1. The van der Waals surface area contributed by atoms with Gasteiger partial charge in [0.2, 0.25) is 0 Å². The van der Waals surface area contributed by atoms with Crippen LogP contribution in [0.5, 0.6) is 0 Å². The zero-order valence-corrected chi connectivity index (χ0v) is 11.1. The van der Waals surface area contributed by atoms with Crippen LogP contribution in [0.1, 0.15) is 29.3 Å². The molecule has 0 bridgehead atoms. The lowest BCUT2D eigenvalue weighted by Gasteiger charge is -2.19. The van der Waals surface area contributed by atoms with Crippen LogP contribution in [0, 0.1) is 6.92 Å². The van der Waals surface area contributed by atoms with Crippen molar-refractivity contribution in [1.29, 1.82) is 0 Å². The number of nitrogens with zero attached hydrogens (tertiary/aromatic N) is 1. The number of carbonyl (C=O) groups is 1. The Labute approximate surface area is 108 Å². The number of anilines is 1. The Bertz CT molecular complexity index is 419. The fourth-order valence-corrected chi connectivity index (χ4v) is 1.68. The third-order valence-electron chi connectivity index (χ3n) is 2.85. The molecule has 0 spiro atoms. The molecule has 100 valence electrons. The maximum atomic E-state index is 12.2. The molecule has 18 heavy (non-hydrogen) atoms. The predicted molar refractivity (Wildman–Crippen MR) is 72.2 cm³/mol. The Kier molecular flexibility index (Phi) is 5.12. The largest absolute Gasteiger partial charge is 0.393 e.